The summed E-state index contributed by atoms with van der Waals surface area (Å²) in [7, 11) is 0. The largest absolute Gasteiger partial charge is 0.490 e. The Hall–Kier alpha value is -3.22. The lowest BCUT2D eigenvalue weighted by Gasteiger charge is -2.31. The van der Waals surface area contributed by atoms with Crippen LogP contribution < -0.4 is 15.0 Å². The minimum atomic E-state index is -0.475. The zero-order chi connectivity index (χ0) is 23.2. The van der Waals surface area contributed by atoms with Gasteiger partial charge in [0.25, 0.3) is 5.91 Å². The summed E-state index contributed by atoms with van der Waals surface area (Å²) in [5.41, 5.74) is 0.672. The molecule has 2 fully saturated rings. The SMILES string of the molecule is N#Cc1ccc(OC2CCC(NC(=O)c3ccc(N4CCOC(C=O)C4)nn3)CC2)cc1Cl. The molecule has 0 bridgehead atoms. The number of anilines is 1. The number of halogens is 1. The molecule has 1 amide bonds. The van der Waals surface area contributed by atoms with E-state index in [-0.39, 0.29) is 23.7 Å². The maximum Gasteiger partial charge on any atom is 0.272 e. The highest BCUT2D eigenvalue weighted by atomic mass is 35.5. The van der Waals surface area contributed by atoms with Crippen LogP contribution in [0.3, 0.4) is 0 Å². The second-order valence-corrected chi connectivity index (χ2v) is 8.49. The number of benzene rings is 1. The Bertz CT molecular complexity index is 1030. The Morgan fingerprint density at radius 3 is 2.73 bits per heavy atom. The van der Waals surface area contributed by atoms with E-state index >= 15 is 0 Å². The van der Waals surface area contributed by atoms with Gasteiger partial charge in [0.2, 0.25) is 0 Å². The second kappa shape index (κ2) is 10.6. The first-order valence-electron chi connectivity index (χ1n) is 10.9. The van der Waals surface area contributed by atoms with Gasteiger partial charge in [-0.3, -0.25) is 4.79 Å². The molecule has 0 radical (unpaired) electrons. The van der Waals surface area contributed by atoms with E-state index in [2.05, 4.69) is 15.5 Å². The van der Waals surface area contributed by atoms with Crippen LogP contribution >= 0.6 is 11.6 Å². The predicted molar refractivity (Wildman–Crippen MR) is 120 cm³/mol. The number of morpholine rings is 1. The third-order valence-corrected chi connectivity index (χ3v) is 6.14. The first-order valence-corrected chi connectivity index (χ1v) is 11.3. The number of nitrogens with zero attached hydrogens (tertiary/aromatic N) is 4. The van der Waals surface area contributed by atoms with Crippen LogP contribution in [0.1, 0.15) is 41.7 Å². The standard InChI is InChI=1S/C23H24ClN5O4/c24-20-11-18(4-1-15(20)12-25)33-17-5-2-16(3-6-17)26-23(31)21-7-8-22(28-27-21)29-9-10-32-19(13-29)14-30/h1,4,7-8,11,14,16-17,19H,2-3,5-6,9-10,13H2,(H,26,31). The highest BCUT2D eigenvalue weighted by Crippen LogP contribution is 2.27. The van der Waals surface area contributed by atoms with Crippen LogP contribution in [0.4, 0.5) is 5.82 Å². The van der Waals surface area contributed by atoms with E-state index in [9.17, 15) is 9.59 Å². The number of aldehydes is 1. The molecular formula is C23H24ClN5O4. The summed E-state index contributed by atoms with van der Waals surface area (Å²) >= 11 is 6.07. The van der Waals surface area contributed by atoms with Crippen molar-refractivity contribution >= 4 is 29.6 Å². The first-order chi connectivity index (χ1) is 16.1. The molecule has 1 aromatic carbocycles. The number of rotatable bonds is 6. The monoisotopic (exact) mass is 469 g/mol. The van der Waals surface area contributed by atoms with Crippen LogP contribution in [0.15, 0.2) is 30.3 Å². The van der Waals surface area contributed by atoms with Gasteiger partial charge in [-0.25, -0.2) is 0 Å². The molecule has 1 saturated carbocycles. The van der Waals surface area contributed by atoms with Crippen molar-refractivity contribution in [1.82, 2.24) is 15.5 Å². The molecule has 172 valence electrons. The molecule has 10 heteroatoms. The third-order valence-electron chi connectivity index (χ3n) is 5.83. The van der Waals surface area contributed by atoms with Gasteiger partial charge in [-0.2, -0.15) is 5.26 Å². The van der Waals surface area contributed by atoms with Crippen molar-refractivity contribution in [1.29, 1.82) is 5.26 Å². The Kier molecular flexibility index (Phi) is 7.37. The van der Waals surface area contributed by atoms with Crippen LogP contribution in [-0.2, 0) is 9.53 Å². The molecule has 2 aromatic rings. The van der Waals surface area contributed by atoms with Crippen LogP contribution in [0.25, 0.3) is 0 Å². The summed E-state index contributed by atoms with van der Waals surface area (Å²) in [6, 6.07) is 10.5. The second-order valence-electron chi connectivity index (χ2n) is 8.09. The minimum absolute atomic E-state index is 0.0324. The predicted octanol–water partition coefficient (Wildman–Crippen LogP) is 2.53. The highest BCUT2D eigenvalue weighted by Gasteiger charge is 2.25. The van der Waals surface area contributed by atoms with Crippen molar-refractivity contribution in [2.75, 3.05) is 24.6 Å². The smallest absolute Gasteiger partial charge is 0.272 e. The van der Waals surface area contributed by atoms with Gasteiger partial charge in [0.05, 0.1) is 29.8 Å². The van der Waals surface area contributed by atoms with E-state index in [1.807, 2.05) is 11.0 Å². The Balaban J connectivity index is 1.25. The molecule has 1 N–H and O–H groups in total. The van der Waals surface area contributed by atoms with Crippen molar-refractivity contribution in [3.05, 3.63) is 46.6 Å². The lowest BCUT2D eigenvalue weighted by atomic mass is 9.93. The molecule has 9 nitrogen and oxygen atoms in total. The van der Waals surface area contributed by atoms with Crippen molar-refractivity contribution < 1.29 is 19.1 Å². The number of carbonyl (C=O) groups excluding carboxylic acids is 2. The van der Waals surface area contributed by atoms with Gasteiger partial charge in [0, 0.05) is 18.7 Å². The number of nitrogens with one attached hydrogen (secondary N) is 1. The summed E-state index contributed by atoms with van der Waals surface area (Å²) in [6.07, 6.45) is 3.49. The van der Waals surface area contributed by atoms with E-state index in [1.54, 1.807) is 30.3 Å². The quantitative estimate of drug-likeness (QED) is 0.641. The maximum absolute atomic E-state index is 12.6. The van der Waals surface area contributed by atoms with E-state index in [0.29, 0.717) is 41.8 Å². The molecule has 2 heterocycles. The Labute approximate surface area is 196 Å². The van der Waals surface area contributed by atoms with Gasteiger partial charge >= 0.3 is 0 Å². The molecule has 0 spiro atoms. The molecule has 2 aliphatic rings. The van der Waals surface area contributed by atoms with Gasteiger partial charge in [-0.1, -0.05) is 11.6 Å². The topological polar surface area (TPSA) is 117 Å². The van der Waals surface area contributed by atoms with Crippen LogP contribution in [0.5, 0.6) is 5.75 Å². The normalized spacial score (nSPS) is 22.8. The van der Waals surface area contributed by atoms with E-state index < -0.39 is 6.10 Å². The highest BCUT2D eigenvalue weighted by molar-refractivity contribution is 6.31. The van der Waals surface area contributed by atoms with Gasteiger partial charge in [0.15, 0.2) is 17.8 Å². The maximum atomic E-state index is 12.6. The summed E-state index contributed by atoms with van der Waals surface area (Å²) in [6.45, 7) is 1.48. The van der Waals surface area contributed by atoms with Crippen LogP contribution in [0, 0.1) is 11.3 Å². The first kappa shape index (κ1) is 23.0. The molecule has 4 rings (SSSR count). The van der Waals surface area contributed by atoms with Crippen LogP contribution in [0.2, 0.25) is 5.02 Å². The molecule has 1 atom stereocenters. The number of hydrogen-bond acceptors (Lipinski definition) is 8. The molecule has 33 heavy (non-hydrogen) atoms. The number of carbonyl (C=O) groups is 2. The molecule has 1 saturated heterocycles. The number of hydrogen-bond donors (Lipinski definition) is 1. The lowest BCUT2D eigenvalue weighted by Crippen LogP contribution is -2.43. The average Bonchev–Trinajstić information content (AvgIpc) is 2.85. The fraction of sp³-hybridized carbons (Fsp3) is 0.435. The fourth-order valence-electron chi connectivity index (χ4n) is 4.02. The van der Waals surface area contributed by atoms with Gasteiger partial charge in [-0.05, 0) is 49.9 Å². The summed E-state index contributed by atoms with van der Waals surface area (Å²) in [4.78, 5) is 25.5. The Morgan fingerprint density at radius 2 is 2.06 bits per heavy atom. The summed E-state index contributed by atoms with van der Waals surface area (Å²) < 4.78 is 11.3. The number of ether oxygens (including phenoxy) is 2. The number of aromatic nitrogens is 2. The summed E-state index contributed by atoms with van der Waals surface area (Å²) in [5, 5.41) is 20.6. The minimum Gasteiger partial charge on any atom is -0.490 e. The Morgan fingerprint density at radius 1 is 1.24 bits per heavy atom. The summed E-state index contributed by atoms with van der Waals surface area (Å²) in [5.74, 6) is 0.994. The number of amides is 1. The molecule has 1 unspecified atom stereocenters. The third kappa shape index (κ3) is 5.78. The van der Waals surface area contributed by atoms with Gasteiger partial charge < -0.3 is 24.5 Å². The van der Waals surface area contributed by atoms with E-state index in [1.165, 1.54) is 0 Å². The van der Waals surface area contributed by atoms with E-state index in [4.69, 9.17) is 26.3 Å². The van der Waals surface area contributed by atoms with Gasteiger partial charge in [-0.15, -0.1) is 10.2 Å². The van der Waals surface area contributed by atoms with E-state index in [0.717, 1.165) is 32.0 Å². The van der Waals surface area contributed by atoms with Crippen molar-refractivity contribution in [2.24, 2.45) is 0 Å². The zero-order valence-electron chi connectivity index (χ0n) is 17.9. The molecule has 1 aliphatic heterocycles. The van der Waals surface area contributed by atoms with Gasteiger partial charge in [0.1, 0.15) is 17.9 Å². The molecular weight excluding hydrogens is 446 g/mol. The van der Waals surface area contributed by atoms with Crippen molar-refractivity contribution in [3.63, 3.8) is 0 Å². The van der Waals surface area contributed by atoms with Crippen molar-refractivity contribution in [2.45, 2.75) is 43.9 Å². The number of nitriles is 1. The molecule has 1 aromatic heterocycles. The average molecular weight is 470 g/mol. The molecule has 1 aliphatic carbocycles. The zero-order valence-corrected chi connectivity index (χ0v) is 18.7. The van der Waals surface area contributed by atoms with Crippen molar-refractivity contribution in [3.8, 4) is 11.8 Å². The van der Waals surface area contributed by atoms with Crippen LogP contribution in [-0.4, -0.2) is 60.3 Å². The fourth-order valence-corrected chi connectivity index (χ4v) is 4.23. The lowest BCUT2D eigenvalue weighted by molar-refractivity contribution is -0.118.